The highest BCUT2D eigenvalue weighted by Gasteiger charge is 2.16. The fourth-order valence-corrected chi connectivity index (χ4v) is 2.64. The lowest BCUT2D eigenvalue weighted by molar-refractivity contribution is -0.143. The molecule has 1 N–H and O–H groups in total. The Balaban J connectivity index is 1.48. The largest absolute Gasteiger partial charge is 0.452 e. The molecule has 0 aliphatic rings. The molecule has 154 valence electrons. The molecule has 0 fully saturated rings. The second-order valence-electron chi connectivity index (χ2n) is 7.67. The number of fused-ring (bicyclic) bond motifs is 1. The van der Waals surface area contributed by atoms with E-state index in [0.29, 0.717) is 16.7 Å². The van der Waals surface area contributed by atoms with Crippen LogP contribution in [0.2, 0.25) is 0 Å². The van der Waals surface area contributed by atoms with Crippen molar-refractivity contribution in [1.29, 1.82) is 0 Å². The summed E-state index contributed by atoms with van der Waals surface area (Å²) < 4.78 is 10.3. The Labute approximate surface area is 173 Å². The lowest BCUT2D eigenvalue weighted by atomic mass is 9.87. The Hall–Kier alpha value is -3.74. The van der Waals surface area contributed by atoms with Crippen LogP contribution in [0, 0.1) is 0 Å². The van der Waals surface area contributed by atoms with Crippen molar-refractivity contribution in [3.8, 4) is 0 Å². The van der Waals surface area contributed by atoms with E-state index in [9.17, 15) is 14.4 Å². The van der Waals surface area contributed by atoms with Gasteiger partial charge in [-0.25, -0.2) is 9.78 Å². The maximum atomic E-state index is 12.1. The number of carbonyl (C=O) groups is 3. The number of carbonyl (C=O) groups excluding carboxylic acids is 3. The number of benzene rings is 2. The minimum Gasteiger partial charge on any atom is -0.452 e. The van der Waals surface area contributed by atoms with Gasteiger partial charge in [-0.15, -0.1) is 0 Å². The highest BCUT2D eigenvalue weighted by molar-refractivity contribution is 6.05. The topological polar surface area (TPSA) is 98.5 Å². The van der Waals surface area contributed by atoms with Crippen molar-refractivity contribution in [3.63, 3.8) is 0 Å². The van der Waals surface area contributed by atoms with Gasteiger partial charge < -0.3 is 9.15 Å². The van der Waals surface area contributed by atoms with Crippen molar-refractivity contribution in [2.24, 2.45) is 0 Å². The number of ether oxygens (including phenoxy) is 1. The van der Waals surface area contributed by atoms with E-state index in [-0.39, 0.29) is 11.3 Å². The van der Waals surface area contributed by atoms with Crippen molar-refractivity contribution in [3.05, 3.63) is 71.6 Å². The standard InChI is InChI=1S/C23H22N2O5/c1-23(2,3)16-10-8-15(9-11-16)22(28)25-19(26)14-29-21(27)13-12-20-24-17-6-4-5-7-18(17)30-20/h4-13H,14H2,1-3H3,(H,25,26,28)/b13-12+. The summed E-state index contributed by atoms with van der Waals surface area (Å²) in [5.41, 5.74) is 2.64. The third kappa shape index (κ3) is 5.41. The number of esters is 1. The number of hydrogen-bond donors (Lipinski definition) is 1. The van der Waals surface area contributed by atoms with E-state index in [4.69, 9.17) is 9.15 Å². The minimum atomic E-state index is -0.755. The van der Waals surface area contributed by atoms with Crippen LogP contribution in [0.15, 0.2) is 59.0 Å². The number of hydrogen-bond acceptors (Lipinski definition) is 6. The zero-order chi connectivity index (χ0) is 21.7. The second-order valence-corrected chi connectivity index (χ2v) is 7.67. The molecule has 30 heavy (non-hydrogen) atoms. The predicted octanol–water partition coefficient (Wildman–Crippen LogP) is 3.64. The Bertz CT molecular complexity index is 1070. The Kier molecular flexibility index (Phi) is 6.11. The van der Waals surface area contributed by atoms with Crippen molar-refractivity contribution < 1.29 is 23.5 Å². The number of oxazole rings is 1. The molecule has 0 aliphatic heterocycles. The lowest BCUT2D eigenvalue weighted by Crippen LogP contribution is -2.34. The summed E-state index contributed by atoms with van der Waals surface area (Å²) in [7, 11) is 0. The average molecular weight is 406 g/mol. The molecule has 1 aromatic heterocycles. The van der Waals surface area contributed by atoms with Crippen LogP contribution in [0.25, 0.3) is 17.2 Å². The summed E-state index contributed by atoms with van der Waals surface area (Å²) in [5.74, 6) is -1.79. The zero-order valence-corrected chi connectivity index (χ0v) is 17.0. The Morgan fingerprint density at radius 2 is 1.77 bits per heavy atom. The third-order valence-corrected chi connectivity index (χ3v) is 4.28. The molecule has 0 atom stereocenters. The van der Waals surface area contributed by atoms with Crippen LogP contribution in [-0.4, -0.2) is 29.4 Å². The second kappa shape index (κ2) is 8.73. The SMILES string of the molecule is CC(C)(C)c1ccc(C(=O)NC(=O)COC(=O)/C=C/c2nc3ccccc3o2)cc1. The zero-order valence-electron chi connectivity index (χ0n) is 17.0. The molecule has 0 bridgehead atoms. The molecular weight excluding hydrogens is 384 g/mol. The van der Waals surface area contributed by atoms with Crippen molar-refractivity contribution in [2.45, 2.75) is 26.2 Å². The van der Waals surface area contributed by atoms with E-state index < -0.39 is 24.4 Å². The molecule has 2 amide bonds. The quantitative estimate of drug-likeness (QED) is 0.513. The van der Waals surface area contributed by atoms with Crippen LogP contribution in [0.5, 0.6) is 0 Å². The first-order chi connectivity index (χ1) is 14.2. The van der Waals surface area contributed by atoms with Gasteiger partial charge in [0.05, 0.1) is 0 Å². The number of para-hydroxylation sites is 2. The molecule has 0 saturated carbocycles. The van der Waals surface area contributed by atoms with Crippen LogP contribution < -0.4 is 5.32 Å². The first-order valence-electron chi connectivity index (χ1n) is 9.37. The molecular formula is C23H22N2O5. The fraction of sp³-hybridized carbons (Fsp3) is 0.217. The number of nitrogens with zero attached hydrogens (tertiary/aromatic N) is 1. The summed E-state index contributed by atoms with van der Waals surface area (Å²) in [6.45, 7) is 5.62. The monoisotopic (exact) mass is 406 g/mol. The van der Waals surface area contributed by atoms with Gasteiger partial charge in [-0.05, 0) is 35.2 Å². The van der Waals surface area contributed by atoms with Gasteiger partial charge in [-0.3, -0.25) is 14.9 Å². The molecule has 2 aromatic carbocycles. The van der Waals surface area contributed by atoms with Gasteiger partial charge in [0.15, 0.2) is 12.2 Å². The molecule has 3 rings (SSSR count). The van der Waals surface area contributed by atoms with Crippen LogP contribution >= 0.6 is 0 Å². The molecule has 0 spiro atoms. The van der Waals surface area contributed by atoms with E-state index in [1.54, 1.807) is 24.3 Å². The summed E-state index contributed by atoms with van der Waals surface area (Å²) in [6, 6.07) is 14.2. The van der Waals surface area contributed by atoms with Crippen LogP contribution in [0.3, 0.4) is 0 Å². The molecule has 1 heterocycles. The third-order valence-electron chi connectivity index (χ3n) is 4.28. The number of aromatic nitrogens is 1. The number of rotatable bonds is 5. The van der Waals surface area contributed by atoms with Crippen molar-refractivity contribution in [2.75, 3.05) is 6.61 Å². The molecule has 7 nitrogen and oxygen atoms in total. The van der Waals surface area contributed by atoms with E-state index in [1.165, 1.54) is 6.08 Å². The van der Waals surface area contributed by atoms with Gasteiger partial charge in [0.25, 0.3) is 11.8 Å². The molecule has 0 radical (unpaired) electrons. The molecule has 7 heteroatoms. The maximum Gasteiger partial charge on any atom is 0.331 e. The minimum absolute atomic E-state index is 0.0373. The number of amides is 2. The Morgan fingerprint density at radius 3 is 2.43 bits per heavy atom. The van der Waals surface area contributed by atoms with Crippen LogP contribution in [-0.2, 0) is 19.7 Å². The predicted molar refractivity (Wildman–Crippen MR) is 112 cm³/mol. The first-order valence-corrected chi connectivity index (χ1v) is 9.37. The highest BCUT2D eigenvalue weighted by atomic mass is 16.5. The van der Waals surface area contributed by atoms with Crippen molar-refractivity contribution in [1.82, 2.24) is 10.3 Å². The summed E-state index contributed by atoms with van der Waals surface area (Å²) in [6.07, 6.45) is 2.45. The number of nitrogens with one attached hydrogen (secondary N) is 1. The van der Waals surface area contributed by atoms with Gasteiger partial charge in [-0.2, -0.15) is 0 Å². The van der Waals surface area contributed by atoms with E-state index in [0.717, 1.165) is 11.6 Å². The van der Waals surface area contributed by atoms with Gasteiger partial charge in [-0.1, -0.05) is 45.0 Å². The van der Waals surface area contributed by atoms with Gasteiger partial charge in [0, 0.05) is 17.7 Å². The molecule has 3 aromatic rings. The molecule has 0 aliphatic carbocycles. The van der Waals surface area contributed by atoms with Crippen LogP contribution in [0.4, 0.5) is 0 Å². The maximum absolute atomic E-state index is 12.1. The lowest BCUT2D eigenvalue weighted by Gasteiger charge is -2.18. The fourth-order valence-electron chi connectivity index (χ4n) is 2.64. The molecule has 0 unspecified atom stereocenters. The number of imide groups is 1. The molecule has 0 saturated heterocycles. The van der Waals surface area contributed by atoms with Crippen LogP contribution in [0.1, 0.15) is 42.6 Å². The normalized spacial score (nSPS) is 11.6. The summed E-state index contributed by atoms with van der Waals surface area (Å²) in [4.78, 5) is 40.0. The van der Waals surface area contributed by atoms with E-state index >= 15 is 0 Å². The smallest absolute Gasteiger partial charge is 0.331 e. The van der Waals surface area contributed by atoms with E-state index in [1.807, 2.05) is 24.3 Å². The van der Waals surface area contributed by atoms with E-state index in [2.05, 4.69) is 31.1 Å². The Morgan fingerprint density at radius 1 is 1.07 bits per heavy atom. The highest BCUT2D eigenvalue weighted by Crippen LogP contribution is 2.22. The average Bonchev–Trinajstić information content (AvgIpc) is 3.13. The summed E-state index contributed by atoms with van der Waals surface area (Å²) >= 11 is 0. The summed E-state index contributed by atoms with van der Waals surface area (Å²) in [5, 5.41) is 2.19. The van der Waals surface area contributed by atoms with Gasteiger partial charge in [0.1, 0.15) is 5.52 Å². The first kappa shape index (κ1) is 21.0. The van der Waals surface area contributed by atoms with Gasteiger partial charge in [0.2, 0.25) is 5.89 Å². The van der Waals surface area contributed by atoms with Gasteiger partial charge >= 0.3 is 5.97 Å². The van der Waals surface area contributed by atoms with Crippen molar-refractivity contribution >= 4 is 35.0 Å².